The molecule has 0 aromatic carbocycles. The van der Waals surface area contributed by atoms with E-state index in [2.05, 4.69) is 0 Å². The summed E-state index contributed by atoms with van der Waals surface area (Å²) in [6, 6.07) is -0.335. The molecular formula is C12H21NO3. The number of likely N-dealkylation sites (tertiary alicyclic amines) is 1. The first-order valence-electron chi connectivity index (χ1n) is 6.02. The van der Waals surface area contributed by atoms with Crippen LogP contribution in [-0.2, 0) is 9.59 Å². The van der Waals surface area contributed by atoms with E-state index in [1.165, 1.54) is 4.90 Å². The van der Waals surface area contributed by atoms with E-state index >= 15 is 0 Å². The molecule has 0 aromatic rings. The fourth-order valence-electron chi connectivity index (χ4n) is 2.15. The van der Waals surface area contributed by atoms with Gasteiger partial charge in [0.1, 0.15) is 0 Å². The van der Waals surface area contributed by atoms with Crippen LogP contribution in [0.2, 0.25) is 0 Å². The first-order valence-corrected chi connectivity index (χ1v) is 6.02. The Morgan fingerprint density at radius 1 is 1.19 bits per heavy atom. The topological polar surface area (TPSA) is 57.6 Å². The van der Waals surface area contributed by atoms with Crippen molar-refractivity contribution in [2.45, 2.75) is 52.0 Å². The van der Waals surface area contributed by atoms with Crippen molar-refractivity contribution >= 4 is 11.8 Å². The normalized spacial score (nSPS) is 20.1. The first kappa shape index (κ1) is 13.2. The Labute approximate surface area is 96.6 Å². The van der Waals surface area contributed by atoms with Gasteiger partial charge in [-0.05, 0) is 25.2 Å². The lowest BCUT2D eigenvalue weighted by molar-refractivity contribution is -0.148. The van der Waals surface area contributed by atoms with Crippen LogP contribution in [0, 0.1) is 5.92 Å². The Morgan fingerprint density at radius 3 is 2.06 bits per heavy atom. The van der Waals surface area contributed by atoms with Crippen LogP contribution in [0.4, 0.5) is 0 Å². The number of hydrogen-bond acceptors (Lipinski definition) is 3. The summed E-state index contributed by atoms with van der Waals surface area (Å²) in [5, 5.41) is 9.31. The first-order chi connectivity index (χ1) is 7.56. The molecule has 1 rings (SSSR count). The molecule has 1 unspecified atom stereocenters. The van der Waals surface area contributed by atoms with E-state index in [0.29, 0.717) is 25.2 Å². The van der Waals surface area contributed by atoms with E-state index in [1.807, 2.05) is 13.8 Å². The molecule has 0 saturated carbocycles. The maximum atomic E-state index is 11.8. The van der Waals surface area contributed by atoms with Crippen molar-refractivity contribution in [1.29, 1.82) is 0 Å². The summed E-state index contributed by atoms with van der Waals surface area (Å²) >= 11 is 0. The van der Waals surface area contributed by atoms with Crippen LogP contribution in [0.15, 0.2) is 0 Å². The van der Waals surface area contributed by atoms with E-state index in [9.17, 15) is 14.7 Å². The fourth-order valence-corrected chi connectivity index (χ4v) is 2.15. The van der Waals surface area contributed by atoms with Gasteiger partial charge in [0.2, 0.25) is 11.8 Å². The van der Waals surface area contributed by atoms with E-state index in [4.69, 9.17) is 0 Å². The second-order valence-corrected chi connectivity index (χ2v) is 4.83. The summed E-state index contributed by atoms with van der Waals surface area (Å²) in [6.07, 6.45) is 3.09. The van der Waals surface area contributed by atoms with Crippen molar-refractivity contribution in [2.75, 3.05) is 6.61 Å². The standard InChI is InChI=1S/C12H21NO3/c1-9(2)7-10(8-14)13-11(15)5-3-4-6-12(13)16/h9-10,14H,3-8H2,1-2H3. The molecule has 16 heavy (non-hydrogen) atoms. The van der Waals surface area contributed by atoms with E-state index in [-0.39, 0.29) is 24.5 Å². The van der Waals surface area contributed by atoms with Gasteiger partial charge < -0.3 is 5.11 Å². The van der Waals surface area contributed by atoms with Crippen LogP contribution in [0.25, 0.3) is 0 Å². The molecule has 4 nitrogen and oxygen atoms in total. The van der Waals surface area contributed by atoms with Crippen molar-refractivity contribution in [3.05, 3.63) is 0 Å². The van der Waals surface area contributed by atoms with Crippen molar-refractivity contribution < 1.29 is 14.7 Å². The smallest absolute Gasteiger partial charge is 0.229 e. The lowest BCUT2D eigenvalue weighted by Gasteiger charge is -2.28. The Balaban J connectivity index is 2.77. The molecule has 1 aliphatic heterocycles. The average molecular weight is 227 g/mol. The summed E-state index contributed by atoms with van der Waals surface area (Å²) in [5.74, 6) is 0.116. The van der Waals surface area contributed by atoms with Gasteiger partial charge in [0.05, 0.1) is 12.6 Å². The fraction of sp³-hybridized carbons (Fsp3) is 0.833. The van der Waals surface area contributed by atoms with Crippen LogP contribution in [0.3, 0.4) is 0 Å². The van der Waals surface area contributed by atoms with Crippen molar-refractivity contribution in [3.8, 4) is 0 Å². The van der Waals surface area contributed by atoms with Crippen LogP contribution in [0.1, 0.15) is 46.0 Å². The number of carbonyl (C=O) groups is 2. The summed E-state index contributed by atoms with van der Waals surface area (Å²) in [7, 11) is 0. The SMILES string of the molecule is CC(C)CC(CO)N1C(=O)CCCCC1=O. The predicted molar refractivity (Wildman–Crippen MR) is 60.6 cm³/mol. The minimum Gasteiger partial charge on any atom is -0.394 e. The number of nitrogens with zero attached hydrogens (tertiary/aromatic N) is 1. The minimum absolute atomic E-state index is 0.123. The second kappa shape index (κ2) is 5.99. The number of rotatable bonds is 4. The monoisotopic (exact) mass is 227 g/mol. The molecule has 0 aliphatic carbocycles. The zero-order valence-corrected chi connectivity index (χ0v) is 10.1. The molecule has 0 bridgehead atoms. The van der Waals surface area contributed by atoms with E-state index in [1.54, 1.807) is 0 Å². The Morgan fingerprint density at radius 2 is 1.69 bits per heavy atom. The molecule has 0 radical (unpaired) electrons. The number of hydrogen-bond donors (Lipinski definition) is 1. The third kappa shape index (κ3) is 3.30. The molecule has 1 saturated heterocycles. The largest absolute Gasteiger partial charge is 0.394 e. The molecule has 1 aliphatic rings. The molecule has 0 aromatic heterocycles. The van der Waals surface area contributed by atoms with Crippen molar-refractivity contribution in [1.82, 2.24) is 4.90 Å². The maximum absolute atomic E-state index is 11.8. The second-order valence-electron chi connectivity index (χ2n) is 4.83. The third-order valence-corrected chi connectivity index (χ3v) is 2.89. The summed E-state index contributed by atoms with van der Waals surface area (Å²) < 4.78 is 0. The highest BCUT2D eigenvalue weighted by Gasteiger charge is 2.30. The van der Waals surface area contributed by atoms with E-state index < -0.39 is 0 Å². The lowest BCUT2D eigenvalue weighted by Crippen LogP contribution is -2.46. The van der Waals surface area contributed by atoms with Crippen LogP contribution < -0.4 is 0 Å². The number of amides is 2. The summed E-state index contributed by atoms with van der Waals surface area (Å²) in [6.45, 7) is 3.92. The number of aliphatic hydroxyl groups excluding tert-OH is 1. The number of aliphatic hydroxyl groups is 1. The molecule has 1 fully saturated rings. The molecule has 92 valence electrons. The molecular weight excluding hydrogens is 206 g/mol. The predicted octanol–water partition coefficient (Wildman–Crippen LogP) is 1.32. The highest BCUT2D eigenvalue weighted by atomic mass is 16.3. The molecule has 4 heteroatoms. The summed E-state index contributed by atoms with van der Waals surface area (Å²) in [5.41, 5.74) is 0. The highest BCUT2D eigenvalue weighted by molar-refractivity contribution is 5.96. The Bertz CT molecular complexity index is 245. The summed E-state index contributed by atoms with van der Waals surface area (Å²) in [4.78, 5) is 24.9. The van der Waals surface area contributed by atoms with Crippen LogP contribution >= 0.6 is 0 Å². The Kier molecular flexibility index (Phi) is 4.93. The molecule has 1 atom stereocenters. The Hall–Kier alpha value is -0.900. The van der Waals surface area contributed by atoms with Gasteiger partial charge in [-0.3, -0.25) is 14.5 Å². The molecule has 1 N–H and O–H groups in total. The van der Waals surface area contributed by atoms with Gasteiger partial charge in [-0.15, -0.1) is 0 Å². The number of carbonyl (C=O) groups excluding carboxylic acids is 2. The van der Waals surface area contributed by atoms with Gasteiger partial charge >= 0.3 is 0 Å². The van der Waals surface area contributed by atoms with Gasteiger partial charge in [-0.1, -0.05) is 13.8 Å². The number of imide groups is 1. The minimum atomic E-state index is -0.335. The van der Waals surface area contributed by atoms with Crippen molar-refractivity contribution in [2.24, 2.45) is 5.92 Å². The maximum Gasteiger partial charge on any atom is 0.229 e. The quantitative estimate of drug-likeness (QED) is 0.737. The zero-order valence-electron chi connectivity index (χ0n) is 10.1. The molecule has 1 heterocycles. The molecule has 2 amide bonds. The van der Waals surface area contributed by atoms with Crippen LogP contribution in [0.5, 0.6) is 0 Å². The van der Waals surface area contributed by atoms with Crippen LogP contribution in [-0.4, -0.2) is 34.5 Å². The van der Waals surface area contributed by atoms with Gasteiger partial charge in [-0.2, -0.15) is 0 Å². The zero-order chi connectivity index (χ0) is 12.1. The van der Waals surface area contributed by atoms with Gasteiger partial charge in [0.15, 0.2) is 0 Å². The third-order valence-electron chi connectivity index (χ3n) is 2.89. The highest BCUT2D eigenvalue weighted by Crippen LogP contribution is 2.19. The van der Waals surface area contributed by atoms with Crippen molar-refractivity contribution in [3.63, 3.8) is 0 Å². The molecule has 0 spiro atoms. The van der Waals surface area contributed by atoms with Gasteiger partial charge in [-0.25, -0.2) is 0 Å². The van der Waals surface area contributed by atoms with Gasteiger partial charge in [0.25, 0.3) is 0 Å². The lowest BCUT2D eigenvalue weighted by atomic mass is 10.0. The average Bonchev–Trinajstić information content (AvgIpc) is 2.37. The van der Waals surface area contributed by atoms with Gasteiger partial charge in [0, 0.05) is 12.8 Å². The van der Waals surface area contributed by atoms with E-state index in [0.717, 1.165) is 12.8 Å².